The number of pyridine rings is 1. The van der Waals surface area contributed by atoms with Gasteiger partial charge in [0.1, 0.15) is 4.60 Å². The van der Waals surface area contributed by atoms with E-state index in [4.69, 9.17) is 5.11 Å². The zero-order chi connectivity index (χ0) is 13.5. The Morgan fingerprint density at radius 3 is 2.72 bits per heavy atom. The summed E-state index contributed by atoms with van der Waals surface area (Å²) in [5.74, 6) is 0.414. The summed E-state index contributed by atoms with van der Waals surface area (Å²) in [6.07, 6.45) is 2.29. The molecule has 100 valence electrons. The molecule has 0 radical (unpaired) electrons. The van der Waals surface area contributed by atoms with Crippen molar-refractivity contribution in [3.8, 4) is 0 Å². The molecule has 1 rings (SSSR count). The number of rotatable bonds is 5. The zero-order valence-electron chi connectivity index (χ0n) is 10.5. The maximum atomic E-state index is 11.7. The molecule has 0 aliphatic carbocycles. The lowest BCUT2D eigenvalue weighted by Gasteiger charge is -2.18. The van der Waals surface area contributed by atoms with Gasteiger partial charge < -0.3 is 15.7 Å². The van der Waals surface area contributed by atoms with E-state index in [-0.39, 0.29) is 18.7 Å². The van der Waals surface area contributed by atoms with Crippen LogP contribution in [0.15, 0.2) is 22.9 Å². The number of hydrogen-bond acceptors (Lipinski definition) is 3. The minimum absolute atomic E-state index is 0.0653. The van der Waals surface area contributed by atoms with Crippen LogP contribution >= 0.6 is 15.9 Å². The number of carbonyl (C=O) groups is 1. The summed E-state index contributed by atoms with van der Waals surface area (Å²) in [7, 11) is 0. The van der Waals surface area contributed by atoms with E-state index in [2.05, 4.69) is 31.5 Å². The third kappa shape index (κ3) is 5.46. The topological polar surface area (TPSA) is 74.2 Å². The minimum Gasteiger partial charge on any atom is -0.394 e. The Balaban J connectivity index is 2.47. The number of urea groups is 1. The molecule has 0 spiro atoms. The predicted molar refractivity (Wildman–Crippen MR) is 74.4 cm³/mol. The first-order chi connectivity index (χ1) is 8.51. The molecule has 5 nitrogen and oxygen atoms in total. The predicted octanol–water partition coefficient (Wildman–Crippen LogP) is 2.37. The second-order valence-electron chi connectivity index (χ2n) is 4.48. The molecule has 1 aromatic rings. The van der Waals surface area contributed by atoms with E-state index in [0.717, 1.165) is 6.42 Å². The Morgan fingerprint density at radius 2 is 2.22 bits per heavy atom. The Kier molecular flexibility index (Phi) is 6.07. The van der Waals surface area contributed by atoms with Crippen LogP contribution in [0.4, 0.5) is 10.5 Å². The Bertz CT molecular complexity index is 381. The maximum Gasteiger partial charge on any atom is 0.319 e. The lowest BCUT2D eigenvalue weighted by molar-refractivity contribution is 0.214. The Labute approximate surface area is 115 Å². The molecule has 0 bridgehead atoms. The molecule has 2 amide bonds. The van der Waals surface area contributed by atoms with Crippen molar-refractivity contribution < 1.29 is 9.90 Å². The average Bonchev–Trinajstić information content (AvgIpc) is 2.30. The molecule has 1 aromatic heterocycles. The molecular formula is C12H18BrN3O2. The molecule has 18 heavy (non-hydrogen) atoms. The summed E-state index contributed by atoms with van der Waals surface area (Å²) >= 11 is 3.22. The summed E-state index contributed by atoms with van der Waals surface area (Å²) in [4.78, 5) is 15.7. The van der Waals surface area contributed by atoms with E-state index >= 15 is 0 Å². The van der Waals surface area contributed by atoms with E-state index in [9.17, 15) is 4.79 Å². The second-order valence-corrected chi connectivity index (χ2v) is 5.29. The first kappa shape index (κ1) is 14.9. The van der Waals surface area contributed by atoms with Crippen molar-refractivity contribution in [3.63, 3.8) is 0 Å². The van der Waals surface area contributed by atoms with Crippen LogP contribution in [0, 0.1) is 5.92 Å². The van der Waals surface area contributed by atoms with Crippen molar-refractivity contribution in [2.45, 2.75) is 26.3 Å². The van der Waals surface area contributed by atoms with Crippen LogP contribution < -0.4 is 10.6 Å². The third-order valence-electron chi connectivity index (χ3n) is 2.30. The van der Waals surface area contributed by atoms with Crippen LogP contribution in [-0.2, 0) is 0 Å². The Hall–Kier alpha value is -1.14. The van der Waals surface area contributed by atoms with Gasteiger partial charge in [0.2, 0.25) is 0 Å². The normalized spacial score (nSPS) is 12.3. The van der Waals surface area contributed by atoms with Crippen molar-refractivity contribution in [3.05, 3.63) is 22.9 Å². The standard InChI is InChI=1S/C12H18BrN3O2/c1-8(2)5-10(7-17)16-12(18)15-9-3-4-11(13)14-6-9/h3-4,6,8,10,17H,5,7H2,1-2H3,(H2,15,16,18). The molecule has 3 N–H and O–H groups in total. The number of anilines is 1. The molecular weight excluding hydrogens is 298 g/mol. The van der Waals surface area contributed by atoms with Crippen LogP contribution in [0.25, 0.3) is 0 Å². The molecule has 0 saturated carbocycles. The molecule has 0 aromatic carbocycles. The van der Waals surface area contributed by atoms with Crippen LogP contribution in [-0.4, -0.2) is 28.8 Å². The molecule has 6 heteroatoms. The van der Waals surface area contributed by atoms with E-state index < -0.39 is 0 Å². The summed E-state index contributed by atoms with van der Waals surface area (Å²) in [5.41, 5.74) is 0.608. The number of nitrogens with zero attached hydrogens (tertiary/aromatic N) is 1. The van der Waals surface area contributed by atoms with E-state index in [1.54, 1.807) is 18.3 Å². The van der Waals surface area contributed by atoms with Gasteiger partial charge in [-0.2, -0.15) is 0 Å². The Morgan fingerprint density at radius 1 is 1.50 bits per heavy atom. The molecule has 1 heterocycles. The number of carbonyl (C=O) groups excluding carboxylic acids is 1. The first-order valence-electron chi connectivity index (χ1n) is 5.81. The van der Waals surface area contributed by atoms with Crippen LogP contribution in [0.2, 0.25) is 0 Å². The summed E-state index contributed by atoms with van der Waals surface area (Å²) in [6, 6.07) is 2.92. The first-order valence-corrected chi connectivity index (χ1v) is 6.60. The highest BCUT2D eigenvalue weighted by atomic mass is 79.9. The van der Waals surface area contributed by atoms with Gasteiger partial charge in [0.15, 0.2) is 0 Å². The van der Waals surface area contributed by atoms with Gasteiger partial charge >= 0.3 is 6.03 Å². The zero-order valence-corrected chi connectivity index (χ0v) is 12.1. The van der Waals surface area contributed by atoms with Gasteiger partial charge in [-0.05, 0) is 40.4 Å². The average molecular weight is 316 g/mol. The number of aromatic nitrogens is 1. The fourth-order valence-corrected chi connectivity index (χ4v) is 1.79. The van der Waals surface area contributed by atoms with Crippen LogP contribution in [0.3, 0.4) is 0 Å². The highest BCUT2D eigenvalue weighted by Crippen LogP contribution is 2.10. The van der Waals surface area contributed by atoms with Crippen LogP contribution in [0.1, 0.15) is 20.3 Å². The number of aliphatic hydroxyl groups excluding tert-OH is 1. The third-order valence-corrected chi connectivity index (χ3v) is 2.77. The highest BCUT2D eigenvalue weighted by Gasteiger charge is 2.12. The van der Waals surface area contributed by atoms with E-state index in [1.165, 1.54) is 0 Å². The van der Waals surface area contributed by atoms with Gasteiger partial charge in [-0.1, -0.05) is 13.8 Å². The summed E-state index contributed by atoms with van der Waals surface area (Å²) in [6.45, 7) is 4.02. The van der Waals surface area contributed by atoms with Gasteiger partial charge in [-0.3, -0.25) is 0 Å². The number of hydrogen-bond donors (Lipinski definition) is 3. The molecule has 0 fully saturated rings. The van der Waals surface area contributed by atoms with Crippen molar-refractivity contribution in [1.29, 1.82) is 0 Å². The minimum atomic E-state index is -0.334. The number of nitrogens with one attached hydrogen (secondary N) is 2. The monoisotopic (exact) mass is 315 g/mol. The lowest BCUT2D eigenvalue weighted by atomic mass is 10.0. The maximum absolute atomic E-state index is 11.7. The molecule has 1 unspecified atom stereocenters. The van der Waals surface area contributed by atoms with Crippen LogP contribution in [0.5, 0.6) is 0 Å². The number of aliphatic hydroxyl groups is 1. The quantitative estimate of drug-likeness (QED) is 0.730. The number of amides is 2. The lowest BCUT2D eigenvalue weighted by Crippen LogP contribution is -2.40. The van der Waals surface area contributed by atoms with Gasteiger partial charge in [0.05, 0.1) is 24.5 Å². The van der Waals surface area contributed by atoms with E-state index in [0.29, 0.717) is 16.2 Å². The fraction of sp³-hybridized carbons (Fsp3) is 0.500. The van der Waals surface area contributed by atoms with Crippen molar-refractivity contribution >= 4 is 27.6 Å². The second kappa shape index (κ2) is 7.33. The summed E-state index contributed by atoms with van der Waals surface area (Å²) in [5, 5.41) is 14.5. The van der Waals surface area contributed by atoms with Gasteiger partial charge in [0.25, 0.3) is 0 Å². The fourth-order valence-electron chi connectivity index (χ4n) is 1.55. The van der Waals surface area contributed by atoms with Gasteiger partial charge in [0, 0.05) is 0 Å². The van der Waals surface area contributed by atoms with Crippen molar-refractivity contribution in [2.24, 2.45) is 5.92 Å². The molecule has 0 saturated heterocycles. The van der Waals surface area contributed by atoms with Crippen molar-refractivity contribution in [1.82, 2.24) is 10.3 Å². The SMILES string of the molecule is CC(C)CC(CO)NC(=O)Nc1ccc(Br)nc1. The molecule has 0 aliphatic heterocycles. The van der Waals surface area contributed by atoms with Gasteiger partial charge in [-0.25, -0.2) is 9.78 Å². The van der Waals surface area contributed by atoms with Crippen molar-refractivity contribution in [2.75, 3.05) is 11.9 Å². The molecule has 1 atom stereocenters. The largest absolute Gasteiger partial charge is 0.394 e. The van der Waals surface area contributed by atoms with Gasteiger partial charge in [-0.15, -0.1) is 0 Å². The smallest absolute Gasteiger partial charge is 0.319 e. The number of halogens is 1. The molecule has 0 aliphatic rings. The highest BCUT2D eigenvalue weighted by molar-refractivity contribution is 9.10. The van der Waals surface area contributed by atoms with E-state index in [1.807, 2.05) is 13.8 Å². The summed E-state index contributed by atoms with van der Waals surface area (Å²) < 4.78 is 0.710.